The molecule has 6 nitrogen and oxygen atoms in total. The molecule has 100 valence electrons. The van der Waals surface area contributed by atoms with Crippen LogP contribution in [0.2, 0.25) is 0 Å². The van der Waals surface area contributed by atoms with Crippen molar-refractivity contribution >= 4 is 16.0 Å². The molecule has 1 rings (SSSR count). The molecule has 1 heterocycles. The van der Waals surface area contributed by atoms with Gasteiger partial charge in [-0.05, 0) is 12.8 Å². The molecule has 0 aromatic carbocycles. The van der Waals surface area contributed by atoms with Crippen molar-refractivity contribution in [1.82, 2.24) is 14.9 Å². The third-order valence-electron chi connectivity index (χ3n) is 2.62. The Hall–Kier alpha value is -0.820. The van der Waals surface area contributed by atoms with Gasteiger partial charge in [-0.15, -0.1) is 0 Å². The van der Waals surface area contributed by atoms with Gasteiger partial charge in [0.25, 0.3) is 0 Å². The van der Waals surface area contributed by atoms with Crippen LogP contribution in [0, 0.1) is 0 Å². The molecule has 0 spiro atoms. The minimum absolute atomic E-state index is 0.288. The predicted molar refractivity (Wildman–Crippen MR) is 69.6 cm³/mol. The van der Waals surface area contributed by atoms with Crippen molar-refractivity contribution in [2.75, 3.05) is 39.0 Å². The molecule has 0 aliphatic carbocycles. The SMILES string of the molecule is CCCNC(=NC)NCCN1CCCS1(=O)=O. The van der Waals surface area contributed by atoms with Crippen LogP contribution in [0.15, 0.2) is 4.99 Å². The maximum Gasteiger partial charge on any atom is 0.214 e. The standard InChI is InChI=1S/C10H22N4O2S/c1-3-5-12-10(11-2)13-6-8-14-7-4-9-17(14,15)16/h3-9H2,1-2H3,(H2,11,12,13). The van der Waals surface area contributed by atoms with E-state index in [1.807, 2.05) is 0 Å². The predicted octanol–water partition coefficient (Wildman–Crippen LogP) is -0.403. The van der Waals surface area contributed by atoms with Crippen LogP contribution in [0.5, 0.6) is 0 Å². The van der Waals surface area contributed by atoms with Crippen LogP contribution in [-0.2, 0) is 10.0 Å². The average Bonchev–Trinajstić information content (AvgIpc) is 2.63. The Morgan fingerprint density at radius 3 is 2.59 bits per heavy atom. The highest BCUT2D eigenvalue weighted by Crippen LogP contribution is 2.11. The van der Waals surface area contributed by atoms with Crippen LogP contribution in [0.1, 0.15) is 19.8 Å². The molecule has 0 aromatic heterocycles. The quantitative estimate of drug-likeness (QED) is 0.522. The fourth-order valence-corrected chi connectivity index (χ4v) is 3.23. The molecule has 0 bridgehead atoms. The molecule has 0 radical (unpaired) electrons. The first kappa shape index (κ1) is 14.2. The molecule has 0 saturated carbocycles. The van der Waals surface area contributed by atoms with Gasteiger partial charge >= 0.3 is 0 Å². The monoisotopic (exact) mass is 262 g/mol. The number of hydrogen-bond donors (Lipinski definition) is 2. The van der Waals surface area contributed by atoms with Gasteiger partial charge in [0, 0.05) is 33.2 Å². The lowest BCUT2D eigenvalue weighted by atomic mass is 10.4. The van der Waals surface area contributed by atoms with E-state index in [0.717, 1.165) is 25.3 Å². The number of hydrogen-bond acceptors (Lipinski definition) is 3. The fourth-order valence-electron chi connectivity index (χ4n) is 1.71. The van der Waals surface area contributed by atoms with Gasteiger partial charge in [0.2, 0.25) is 10.0 Å². The highest BCUT2D eigenvalue weighted by Gasteiger charge is 2.27. The van der Waals surface area contributed by atoms with Crippen LogP contribution >= 0.6 is 0 Å². The first-order chi connectivity index (χ1) is 8.10. The lowest BCUT2D eigenvalue weighted by molar-refractivity contribution is 0.445. The Bertz CT molecular complexity index is 353. The van der Waals surface area contributed by atoms with E-state index in [9.17, 15) is 8.42 Å². The Labute approximate surface area is 104 Å². The minimum atomic E-state index is -2.98. The van der Waals surface area contributed by atoms with E-state index >= 15 is 0 Å². The summed E-state index contributed by atoms with van der Waals surface area (Å²) in [6, 6.07) is 0. The summed E-state index contributed by atoms with van der Waals surface area (Å²) < 4.78 is 24.6. The molecule has 0 aromatic rings. The Morgan fingerprint density at radius 2 is 2.06 bits per heavy atom. The van der Waals surface area contributed by atoms with Gasteiger partial charge in [0.05, 0.1) is 5.75 Å². The van der Waals surface area contributed by atoms with E-state index in [0.29, 0.717) is 19.6 Å². The van der Waals surface area contributed by atoms with Gasteiger partial charge in [-0.25, -0.2) is 12.7 Å². The molecule has 17 heavy (non-hydrogen) atoms. The van der Waals surface area contributed by atoms with E-state index in [4.69, 9.17) is 0 Å². The molecular formula is C10H22N4O2S. The zero-order chi connectivity index (χ0) is 12.7. The number of nitrogens with one attached hydrogen (secondary N) is 2. The maximum atomic E-state index is 11.5. The second-order valence-electron chi connectivity index (χ2n) is 3.99. The van der Waals surface area contributed by atoms with Crippen LogP contribution in [0.25, 0.3) is 0 Å². The van der Waals surface area contributed by atoms with Crippen molar-refractivity contribution in [3.63, 3.8) is 0 Å². The molecule has 0 unspecified atom stereocenters. The number of sulfonamides is 1. The largest absolute Gasteiger partial charge is 0.356 e. The smallest absolute Gasteiger partial charge is 0.214 e. The molecule has 0 atom stereocenters. The van der Waals surface area contributed by atoms with Crippen LogP contribution < -0.4 is 10.6 Å². The van der Waals surface area contributed by atoms with E-state index in [1.165, 1.54) is 4.31 Å². The zero-order valence-corrected chi connectivity index (χ0v) is 11.4. The maximum absolute atomic E-state index is 11.5. The summed E-state index contributed by atoms with van der Waals surface area (Å²) in [6.07, 6.45) is 1.77. The first-order valence-corrected chi connectivity index (χ1v) is 7.63. The van der Waals surface area contributed by atoms with Crippen molar-refractivity contribution < 1.29 is 8.42 Å². The normalized spacial score (nSPS) is 20.5. The van der Waals surface area contributed by atoms with Crippen molar-refractivity contribution in [3.05, 3.63) is 0 Å². The number of nitrogens with zero attached hydrogens (tertiary/aromatic N) is 2. The van der Waals surface area contributed by atoms with Gasteiger partial charge in [-0.3, -0.25) is 4.99 Å². The Balaban J connectivity index is 2.27. The molecule has 1 aliphatic rings. The summed E-state index contributed by atoms with van der Waals surface area (Å²) in [5.41, 5.74) is 0. The van der Waals surface area contributed by atoms with Crippen molar-refractivity contribution in [1.29, 1.82) is 0 Å². The highest BCUT2D eigenvalue weighted by atomic mass is 32.2. The van der Waals surface area contributed by atoms with Gasteiger partial charge in [-0.2, -0.15) is 0 Å². The summed E-state index contributed by atoms with van der Waals surface area (Å²) in [4.78, 5) is 4.05. The van der Waals surface area contributed by atoms with Gasteiger partial charge < -0.3 is 10.6 Å². The number of guanidine groups is 1. The van der Waals surface area contributed by atoms with Crippen molar-refractivity contribution in [3.8, 4) is 0 Å². The van der Waals surface area contributed by atoms with E-state index in [2.05, 4.69) is 22.5 Å². The third kappa shape index (κ3) is 4.51. The first-order valence-electron chi connectivity index (χ1n) is 6.02. The Kier molecular flexibility index (Phi) is 5.70. The molecule has 1 saturated heterocycles. The minimum Gasteiger partial charge on any atom is -0.356 e. The highest BCUT2D eigenvalue weighted by molar-refractivity contribution is 7.89. The van der Waals surface area contributed by atoms with Crippen molar-refractivity contribution in [2.45, 2.75) is 19.8 Å². The average molecular weight is 262 g/mol. The third-order valence-corrected chi connectivity index (χ3v) is 4.58. The fraction of sp³-hybridized carbons (Fsp3) is 0.900. The molecule has 1 aliphatic heterocycles. The second-order valence-corrected chi connectivity index (χ2v) is 6.08. The summed E-state index contributed by atoms with van der Waals surface area (Å²) >= 11 is 0. The summed E-state index contributed by atoms with van der Waals surface area (Å²) in [5.74, 6) is 1.01. The van der Waals surface area contributed by atoms with E-state index in [-0.39, 0.29) is 5.75 Å². The van der Waals surface area contributed by atoms with Crippen LogP contribution in [0.3, 0.4) is 0 Å². The van der Waals surface area contributed by atoms with Gasteiger partial charge in [0.15, 0.2) is 5.96 Å². The topological polar surface area (TPSA) is 73.8 Å². The molecule has 1 fully saturated rings. The Morgan fingerprint density at radius 1 is 1.35 bits per heavy atom. The number of aliphatic imine (C=N–C) groups is 1. The van der Waals surface area contributed by atoms with E-state index in [1.54, 1.807) is 7.05 Å². The van der Waals surface area contributed by atoms with E-state index < -0.39 is 10.0 Å². The molecule has 7 heteroatoms. The molecule has 0 amide bonds. The summed E-state index contributed by atoms with van der Waals surface area (Å²) in [6.45, 7) is 4.68. The lowest BCUT2D eigenvalue weighted by Crippen LogP contribution is -2.42. The van der Waals surface area contributed by atoms with Crippen molar-refractivity contribution in [2.24, 2.45) is 4.99 Å². The second kappa shape index (κ2) is 6.80. The zero-order valence-electron chi connectivity index (χ0n) is 10.6. The lowest BCUT2D eigenvalue weighted by Gasteiger charge is -2.16. The molecule has 2 N–H and O–H groups in total. The summed E-state index contributed by atoms with van der Waals surface area (Å²) in [7, 11) is -1.27. The van der Waals surface area contributed by atoms with Gasteiger partial charge in [0.1, 0.15) is 0 Å². The summed E-state index contributed by atoms with van der Waals surface area (Å²) in [5, 5.41) is 6.24. The van der Waals surface area contributed by atoms with Crippen LogP contribution in [0.4, 0.5) is 0 Å². The van der Waals surface area contributed by atoms with Crippen LogP contribution in [-0.4, -0.2) is 57.7 Å². The molecular weight excluding hydrogens is 240 g/mol. The number of rotatable bonds is 5. The van der Waals surface area contributed by atoms with Gasteiger partial charge in [-0.1, -0.05) is 6.92 Å².